The van der Waals surface area contributed by atoms with Crippen LogP contribution < -0.4 is 0 Å². The molecule has 1 aliphatic rings. The minimum atomic E-state index is -0.909. The lowest BCUT2D eigenvalue weighted by Crippen LogP contribution is -2.50. The van der Waals surface area contributed by atoms with Crippen LogP contribution in [0.1, 0.15) is 59.1 Å². The molecule has 2 rings (SSSR count). The van der Waals surface area contributed by atoms with Crippen LogP contribution in [0.3, 0.4) is 0 Å². The average molecular weight is 365 g/mol. The number of carbonyl (C=O) groups is 2. The molecule has 0 bridgehead atoms. The van der Waals surface area contributed by atoms with Crippen molar-refractivity contribution in [2.24, 2.45) is 5.41 Å². The van der Waals surface area contributed by atoms with Gasteiger partial charge >= 0.3 is 12.1 Å². The Morgan fingerprint density at radius 1 is 1.15 bits per heavy atom. The van der Waals surface area contributed by atoms with Crippen LogP contribution in [0.25, 0.3) is 0 Å². The van der Waals surface area contributed by atoms with Crippen molar-refractivity contribution in [3.05, 3.63) is 35.6 Å². The Balaban J connectivity index is 2.43. The highest BCUT2D eigenvalue weighted by molar-refractivity contribution is 5.79. The van der Waals surface area contributed by atoms with E-state index in [0.717, 1.165) is 0 Å². The van der Waals surface area contributed by atoms with E-state index >= 15 is 0 Å². The van der Waals surface area contributed by atoms with Crippen LogP contribution >= 0.6 is 0 Å². The van der Waals surface area contributed by atoms with Crippen molar-refractivity contribution in [3.8, 4) is 0 Å². The van der Waals surface area contributed by atoms with Gasteiger partial charge in [0.15, 0.2) is 0 Å². The van der Waals surface area contributed by atoms with Gasteiger partial charge in [-0.05, 0) is 65.2 Å². The average Bonchev–Trinajstić information content (AvgIpc) is 2.98. The van der Waals surface area contributed by atoms with Crippen molar-refractivity contribution in [2.75, 3.05) is 7.11 Å². The zero-order chi connectivity index (χ0) is 19.7. The number of hydrogen-bond acceptors (Lipinski definition) is 4. The minimum Gasteiger partial charge on any atom is -0.469 e. The number of nitrogens with zero attached hydrogens (tertiary/aromatic N) is 1. The molecule has 0 N–H and O–H groups in total. The normalized spacial score (nSPS) is 20.8. The van der Waals surface area contributed by atoms with Crippen LogP contribution in [-0.2, 0) is 14.3 Å². The molecule has 0 saturated carbocycles. The van der Waals surface area contributed by atoms with Crippen molar-refractivity contribution in [1.29, 1.82) is 0 Å². The molecule has 5 nitrogen and oxygen atoms in total. The number of benzene rings is 1. The molecular formula is C20H28FNO4. The van der Waals surface area contributed by atoms with Gasteiger partial charge in [0.1, 0.15) is 11.4 Å². The third-order valence-electron chi connectivity index (χ3n) is 4.77. The summed E-state index contributed by atoms with van der Waals surface area (Å²) in [5, 5.41) is 0. The SMILES string of the molecule is COC(=O)C(C)(C)[C@H]1CC[C@@H](c2cccc(F)c2)N1C(=O)OC(C)(C)C. The highest BCUT2D eigenvalue weighted by Gasteiger charge is 2.50. The maximum absolute atomic E-state index is 13.7. The molecule has 0 radical (unpaired) electrons. The van der Waals surface area contributed by atoms with Crippen molar-refractivity contribution in [1.82, 2.24) is 4.90 Å². The van der Waals surface area contributed by atoms with Crippen LogP contribution in [0.5, 0.6) is 0 Å². The van der Waals surface area contributed by atoms with Crippen LogP contribution in [-0.4, -0.2) is 35.7 Å². The first-order valence-electron chi connectivity index (χ1n) is 8.82. The molecule has 0 aromatic heterocycles. The number of ether oxygens (including phenoxy) is 2. The molecule has 0 spiro atoms. The summed E-state index contributed by atoms with van der Waals surface area (Å²) in [7, 11) is 1.33. The van der Waals surface area contributed by atoms with Gasteiger partial charge in [-0.2, -0.15) is 0 Å². The summed E-state index contributed by atoms with van der Waals surface area (Å²) in [6.45, 7) is 8.89. The summed E-state index contributed by atoms with van der Waals surface area (Å²) >= 11 is 0. The molecule has 0 unspecified atom stereocenters. The summed E-state index contributed by atoms with van der Waals surface area (Å²) in [4.78, 5) is 26.8. The summed E-state index contributed by atoms with van der Waals surface area (Å²) in [5.74, 6) is -0.752. The lowest BCUT2D eigenvalue weighted by atomic mass is 9.83. The fourth-order valence-electron chi connectivity index (χ4n) is 3.53. The quantitative estimate of drug-likeness (QED) is 0.742. The van der Waals surface area contributed by atoms with Crippen LogP contribution in [0.2, 0.25) is 0 Å². The Bertz CT molecular complexity index is 681. The van der Waals surface area contributed by atoms with E-state index in [1.54, 1.807) is 51.7 Å². The van der Waals surface area contributed by atoms with E-state index < -0.39 is 29.1 Å². The third-order valence-corrected chi connectivity index (χ3v) is 4.77. The van der Waals surface area contributed by atoms with E-state index in [1.807, 2.05) is 0 Å². The van der Waals surface area contributed by atoms with Crippen LogP contribution in [0, 0.1) is 11.2 Å². The number of esters is 1. The van der Waals surface area contributed by atoms with Gasteiger partial charge in [0.2, 0.25) is 0 Å². The Hall–Kier alpha value is -2.11. The second-order valence-corrected chi connectivity index (χ2v) is 8.26. The molecule has 1 amide bonds. The molecule has 2 atom stereocenters. The van der Waals surface area contributed by atoms with Gasteiger partial charge < -0.3 is 9.47 Å². The smallest absolute Gasteiger partial charge is 0.411 e. The number of hydrogen-bond donors (Lipinski definition) is 0. The van der Waals surface area contributed by atoms with E-state index in [1.165, 1.54) is 19.2 Å². The molecule has 26 heavy (non-hydrogen) atoms. The van der Waals surface area contributed by atoms with Crippen molar-refractivity contribution in [2.45, 2.75) is 65.1 Å². The van der Waals surface area contributed by atoms with Gasteiger partial charge in [-0.25, -0.2) is 9.18 Å². The maximum Gasteiger partial charge on any atom is 0.411 e. The number of amides is 1. The second kappa shape index (κ2) is 7.25. The zero-order valence-electron chi connectivity index (χ0n) is 16.3. The van der Waals surface area contributed by atoms with Crippen molar-refractivity contribution in [3.63, 3.8) is 0 Å². The number of carbonyl (C=O) groups excluding carboxylic acids is 2. The first kappa shape index (κ1) is 20.2. The van der Waals surface area contributed by atoms with Crippen molar-refractivity contribution >= 4 is 12.1 Å². The molecule has 1 aromatic rings. The van der Waals surface area contributed by atoms with E-state index in [9.17, 15) is 14.0 Å². The predicted molar refractivity (Wildman–Crippen MR) is 96.0 cm³/mol. The molecular weight excluding hydrogens is 337 g/mol. The lowest BCUT2D eigenvalue weighted by Gasteiger charge is -2.38. The molecule has 1 heterocycles. The Labute approximate surface area is 154 Å². The van der Waals surface area contributed by atoms with Gasteiger partial charge in [-0.15, -0.1) is 0 Å². The number of rotatable bonds is 3. The lowest BCUT2D eigenvalue weighted by molar-refractivity contribution is -0.154. The predicted octanol–water partition coefficient (Wildman–Crippen LogP) is 4.47. The summed E-state index contributed by atoms with van der Waals surface area (Å²) < 4.78 is 24.2. The fourth-order valence-corrected chi connectivity index (χ4v) is 3.53. The highest BCUT2D eigenvalue weighted by Crippen LogP contribution is 2.44. The van der Waals surface area contributed by atoms with Crippen LogP contribution in [0.15, 0.2) is 24.3 Å². The summed E-state index contributed by atoms with van der Waals surface area (Å²) in [6.07, 6.45) is 0.710. The Morgan fingerprint density at radius 2 is 1.81 bits per heavy atom. The molecule has 1 saturated heterocycles. The Morgan fingerprint density at radius 3 is 2.35 bits per heavy atom. The number of likely N-dealkylation sites (tertiary alicyclic amines) is 1. The van der Waals surface area contributed by atoms with Crippen LogP contribution in [0.4, 0.5) is 9.18 Å². The molecule has 6 heteroatoms. The first-order valence-corrected chi connectivity index (χ1v) is 8.82. The first-order chi connectivity index (χ1) is 12.0. The minimum absolute atomic E-state index is 0.352. The Kier molecular flexibility index (Phi) is 5.64. The van der Waals surface area contributed by atoms with Gasteiger partial charge in [0.05, 0.1) is 24.6 Å². The maximum atomic E-state index is 13.7. The van der Waals surface area contributed by atoms with Crippen molar-refractivity contribution < 1.29 is 23.5 Å². The summed E-state index contributed by atoms with van der Waals surface area (Å²) in [5.41, 5.74) is -0.890. The van der Waals surface area contributed by atoms with E-state index in [-0.39, 0.29) is 11.9 Å². The topological polar surface area (TPSA) is 55.8 Å². The second-order valence-electron chi connectivity index (χ2n) is 8.26. The molecule has 0 aliphatic carbocycles. The van der Waals surface area contributed by atoms with Gasteiger partial charge in [-0.3, -0.25) is 9.69 Å². The van der Waals surface area contributed by atoms with Gasteiger partial charge in [0.25, 0.3) is 0 Å². The largest absolute Gasteiger partial charge is 0.469 e. The summed E-state index contributed by atoms with van der Waals surface area (Å²) in [6, 6.07) is 5.45. The molecule has 1 fully saturated rings. The van der Waals surface area contributed by atoms with Gasteiger partial charge in [-0.1, -0.05) is 12.1 Å². The molecule has 144 valence electrons. The monoisotopic (exact) mass is 365 g/mol. The number of methoxy groups -OCH3 is 1. The third kappa shape index (κ3) is 4.17. The highest BCUT2D eigenvalue weighted by atomic mass is 19.1. The van der Waals surface area contributed by atoms with E-state index in [2.05, 4.69) is 0 Å². The van der Waals surface area contributed by atoms with E-state index in [4.69, 9.17) is 9.47 Å². The standard InChI is InChI=1S/C20H28FNO4/c1-19(2,3)26-18(24)22-15(13-8-7-9-14(21)12-13)10-11-16(22)20(4,5)17(23)25-6/h7-9,12,15-16H,10-11H2,1-6H3/t15-,16+/m0/s1. The molecule has 1 aromatic carbocycles. The number of halogens is 1. The zero-order valence-corrected chi connectivity index (χ0v) is 16.3. The van der Waals surface area contributed by atoms with Gasteiger partial charge in [0, 0.05) is 0 Å². The fraction of sp³-hybridized carbons (Fsp3) is 0.600. The molecule has 1 aliphatic heterocycles. The van der Waals surface area contributed by atoms with E-state index in [0.29, 0.717) is 18.4 Å².